The fourth-order valence-electron chi connectivity index (χ4n) is 0.749. The number of hydrogen-bond acceptors (Lipinski definition) is 1. The summed E-state index contributed by atoms with van der Waals surface area (Å²) in [5, 5.41) is 0. The second-order valence-corrected chi connectivity index (χ2v) is 2.86. The van der Waals surface area contributed by atoms with Crippen molar-refractivity contribution < 1.29 is 0 Å². The summed E-state index contributed by atoms with van der Waals surface area (Å²) < 4.78 is 0. The molecule has 0 amide bonds. The SMILES string of the molecule is CC(C)C=Nc1ccccc1. The molecule has 0 radical (unpaired) electrons. The van der Waals surface area contributed by atoms with Gasteiger partial charge in [-0.25, -0.2) is 0 Å². The van der Waals surface area contributed by atoms with E-state index >= 15 is 0 Å². The Morgan fingerprint density at radius 3 is 2.36 bits per heavy atom. The number of para-hydroxylation sites is 1. The van der Waals surface area contributed by atoms with E-state index in [-0.39, 0.29) is 0 Å². The fourth-order valence-corrected chi connectivity index (χ4v) is 0.749. The van der Waals surface area contributed by atoms with Crippen LogP contribution in [-0.2, 0) is 0 Å². The first-order chi connectivity index (χ1) is 5.29. The largest absolute Gasteiger partial charge is 0.261 e. The van der Waals surface area contributed by atoms with E-state index in [1.807, 2.05) is 36.5 Å². The van der Waals surface area contributed by atoms with Crippen molar-refractivity contribution in [3.63, 3.8) is 0 Å². The molecule has 0 saturated heterocycles. The highest BCUT2D eigenvalue weighted by Gasteiger charge is 1.85. The van der Waals surface area contributed by atoms with Gasteiger partial charge in [-0.15, -0.1) is 0 Å². The highest BCUT2D eigenvalue weighted by molar-refractivity contribution is 5.64. The Labute approximate surface area is 67.8 Å². The number of aliphatic imine (C=N–C) groups is 1. The lowest BCUT2D eigenvalue weighted by molar-refractivity contribution is 0.907. The molecule has 1 aromatic rings. The zero-order valence-corrected chi connectivity index (χ0v) is 6.99. The van der Waals surface area contributed by atoms with Crippen molar-refractivity contribution in [2.45, 2.75) is 13.8 Å². The van der Waals surface area contributed by atoms with Crippen LogP contribution in [0, 0.1) is 5.92 Å². The van der Waals surface area contributed by atoms with E-state index < -0.39 is 0 Å². The quantitative estimate of drug-likeness (QED) is 0.570. The average molecular weight is 147 g/mol. The van der Waals surface area contributed by atoms with Gasteiger partial charge in [0.2, 0.25) is 0 Å². The Morgan fingerprint density at radius 1 is 1.18 bits per heavy atom. The Morgan fingerprint density at radius 2 is 1.82 bits per heavy atom. The van der Waals surface area contributed by atoms with Gasteiger partial charge in [-0.3, -0.25) is 4.99 Å². The highest BCUT2D eigenvalue weighted by Crippen LogP contribution is 2.08. The van der Waals surface area contributed by atoms with E-state index in [0.29, 0.717) is 5.92 Å². The Balaban J connectivity index is 2.65. The third-order valence-electron chi connectivity index (χ3n) is 1.28. The molecular formula is C10H13N. The van der Waals surface area contributed by atoms with Crippen LogP contribution in [0.5, 0.6) is 0 Å². The minimum Gasteiger partial charge on any atom is -0.261 e. The number of rotatable bonds is 2. The van der Waals surface area contributed by atoms with Crippen molar-refractivity contribution in [2.24, 2.45) is 10.9 Å². The molecule has 11 heavy (non-hydrogen) atoms. The Bertz CT molecular complexity index is 224. The molecule has 0 fully saturated rings. The summed E-state index contributed by atoms with van der Waals surface area (Å²) in [5.41, 5.74) is 1.03. The maximum Gasteiger partial charge on any atom is 0.0625 e. The van der Waals surface area contributed by atoms with E-state index in [9.17, 15) is 0 Å². The molecule has 0 heterocycles. The monoisotopic (exact) mass is 147 g/mol. The molecule has 0 spiro atoms. The molecule has 0 aliphatic carbocycles. The summed E-state index contributed by atoms with van der Waals surface area (Å²) in [5.74, 6) is 0.523. The molecule has 0 unspecified atom stereocenters. The fraction of sp³-hybridized carbons (Fsp3) is 0.300. The van der Waals surface area contributed by atoms with E-state index in [2.05, 4.69) is 18.8 Å². The first kappa shape index (κ1) is 7.99. The Kier molecular flexibility index (Phi) is 2.84. The topological polar surface area (TPSA) is 12.4 Å². The second kappa shape index (κ2) is 3.91. The van der Waals surface area contributed by atoms with E-state index in [0.717, 1.165) is 5.69 Å². The molecule has 0 N–H and O–H groups in total. The van der Waals surface area contributed by atoms with Gasteiger partial charge in [0.15, 0.2) is 0 Å². The van der Waals surface area contributed by atoms with Crippen LogP contribution in [0.25, 0.3) is 0 Å². The van der Waals surface area contributed by atoms with E-state index in [4.69, 9.17) is 0 Å². The maximum absolute atomic E-state index is 4.28. The molecule has 0 bridgehead atoms. The average Bonchev–Trinajstić information content (AvgIpc) is 2.03. The minimum atomic E-state index is 0.523. The van der Waals surface area contributed by atoms with Gasteiger partial charge in [-0.05, 0) is 18.1 Å². The molecule has 0 aromatic heterocycles. The summed E-state index contributed by atoms with van der Waals surface area (Å²) in [4.78, 5) is 4.28. The number of benzene rings is 1. The summed E-state index contributed by atoms with van der Waals surface area (Å²) in [7, 11) is 0. The molecule has 1 heteroatoms. The van der Waals surface area contributed by atoms with Gasteiger partial charge in [-0.2, -0.15) is 0 Å². The molecule has 1 nitrogen and oxygen atoms in total. The van der Waals surface area contributed by atoms with Crippen molar-refractivity contribution in [3.8, 4) is 0 Å². The molecule has 0 atom stereocenters. The smallest absolute Gasteiger partial charge is 0.0625 e. The van der Waals surface area contributed by atoms with Gasteiger partial charge < -0.3 is 0 Å². The molecule has 0 aliphatic rings. The minimum absolute atomic E-state index is 0.523. The number of nitrogens with zero attached hydrogens (tertiary/aromatic N) is 1. The van der Waals surface area contributed by atoms with Gasteiger partial charge in [0.05, 0.1) is 5.69 Å². The first-order valence-corrected chi connectivity index (χ1v) is 3.88. The van der Waals surface area contributed by atoms with Crippen LogP contribution in [0.4, 0.5) is 5.69 Å². The number of hydrogen-bond donors (Lipinski definition) is 0. The zero-order chi connectivity index (χ0) is 8.10. The summed E-state index contributed by atoms with van der Waals surface area (Å²) in [6, 6.07) is 9.98. The molecule has 58 valence electrons. The van der Waals surface area contributed by atoms with Crippen LogP contribution in [0.15, 0.2) is 35.3 Å². The third kappa shape index (κ3) is 2.99. The predicted octanol–water partition coefficient (Wildman–Crippen LogP) is 3.04. The maximum atomic E-state index is 4.28. The van der Waals surface area contributed by atoms with Gasteiger partial charge in [0.25, 0.3) is 0 Å². The molecule has 0 aliphatic heterocycles. The lowest BCUT2D eigenvalue weighted by Gasteiger charge is -1.93. The van der Waals surface area contributed by atoms with Crippen LogP contribution in [0.2, 0.25) is 0 Å². The molecule has 0 saturated carbocycles. The third-order valence-corrected chi connectivity index (χ3v) is 1.28. The van der Waals surface area contributed by atoms with Crippen molar-refractivity contribution in [1.29, 1.82) is 0 Å². The standard InChI is InChI=1S/C10H13N/c1-9(2)8-11-10-6-4-3-5-7-10/h3-9H,1-2H3. The van der Waals surface area contributed by atoms with Crippen LogP contribution < -0.4 is 0 Å². The highest BCUT2D eigenvalue weighted by atomic mass is 14.7. The molecule has 1 aromatic carbocycles. The normalized spacial score (nSPS) is 11.2. The van der Waals surface area contributed by atoms with Crippen LogP contribution in [0.3, 0.4) is 0 Å². The van der Waals surface area contributed by atoms with Crippen LogP contribution in [-0.4, -0.2) is 6.21 Å². The predicted molar refractivity (Wildman–Crippen MR) is 49.4 cm³/mol. The Hall–Kier alpha value is -1.11. The second-order valence-electron chi connectivity index (χ2n) is 2.86. The first-order valence-electron chi connectivity index (χ1n) is 3.88. The van der Waals surface area contributed by atoms with Gasteiger partial charge >= 0.3 is 0 Å². The van der Waals surface area contributed by atoms with Gasteiger partial charge in [0.1, 0.15) is 0 Å². The lowest BCUT2D eigenvalue weighted by Crippen LogP contribution is -1.84. The lowest BCUT2D eigenvalue weighted by atomic mass is 10.2. The van der Waals surface area contributed by atoms with E-state index in [1.165, 1.54) is 0 Å². The van der Waals surface area contributed by atoms with Crippen molar-refractivity contribution in [2.75, 3.05) is 0 Å². The summed E-state index contributed by atoms with van der Waals surface area (Å²) in [6.07, 6.45) is 1.95. The van der Waals surface area contributed by atoms with Gasteiger partial charge in [0, 0.05) is 6.21 Å². The zero-order valence-electron chi connectivity index (χ0n) is 6.99. The van der Waals surface area contributed by atoms with Crippen molar-refractivity contribution in [3.05, 3.63) is 30.3 Å². The summed E-state index contributed by atoms with van der Waals surface area (Å²) in [6.45, 7) is 4.24. The summed E-state index contributed by atoms with van der Waals surface area (Å²) >= 11 is 0. The molecular weight excluding hydrogens is 134 g/mol. The van der Waals surface area contributed by atoms with E-state index in [1.54, 1.807) is 0 Å². The van der Waals surface area contributed by atoms with Gasteiger partial charge in [-0.1, -0.05) is 32.0 Å². The van der Waals surface area contributed by atoms with Crippen molar-refractivity contribution >= 4 is 11.9 Å². The van der Waals surface area contributed by atoms with Crippen LogP contribution >= 0.6 is 0 Å². The molecule has 1 rings (SSSR count). The van der Waals surface area contributed by atoms with Crippen LogP contribution in [0.1, 0.15) is 13.8 Å². The van der Waals surface area contributed by atoms with Crippen molar-refractivity contribution in [1.82, 2.24) is 0 Å².